The number of rotatable bonds is 0. The number of fused-ring (bicyclic) bond motifs is 1. The molecule has 1 aliphatic carbocycles. The molecule has 2 fully saturated rings. The molecular weight excluding hydrogens is 134 g/mol. The lowest BCUT2D eigenvalue weighted by atomic mass is 10.3. The van der Waals surface area contributed by atoms with Crippen LogP contribution < -0.4 is 5.32 Å². The van der Waals surface area contributed by atoms with Crippen molar-refractivity contribution in [1.82, 2.24) is 5.32 Å². The van der Waals surface area contributed by atoms with E-state index in [1.54, 1.807) is 0 Å². The largest absolute Gasteiger partial charge is 0.343 e. The Bertz CT molecular complexity index is 134. The van der Waals surface area contributed by atoms with Gasteiger partial charge in [0.1, 0.15) is 0 Å². The van der Waals surface area contributed by atoms with Crippen molar-refractivity contribution in [2.75, 3.05) is 0 Å². The smallest absolute Gasteiger partial charge is 0.279 e. The van der Waals surface area contributed by atoms with E-state index in [1.807, 2.05) is 0 Å². The van der Waals surface area contributed by atoms with E-state index in [0.29, 0.717) is 11.3 Å². The zero-order chi connectivity index (χ0) is 6.27. The Labute approximate surface area is 58.4 Å². The highest BCUT2D eigenvalue weighted by atomic mass is 32.2. The maximum absolute atomic E-state index is 10.7. The van der Waals surface area contributed by atoms with Gasteiger partial charge in [-0.2, -0.15) is 0 Å². The third kappa shape index (κ3) is 0.834. The number of carbonyl (C=O) groups is 1. The Morgan fingerprint density at radius 1 is 1.56 bits per heavy atom. The molecular formula is C6H9NOS. The van der Waals surface area contributed by atoms with Crippen LogP contribution in [0, 0.1) is 0 Å². The third-order valence-corrected chi connectivity index (χ3v) is 3.21. The Morgan fingerprint density at radius 3 is 3.22 bits per heavy atom. The zero-order valence-corrected chi connectivity index (χ0v) is 5.91. The molecule has 0 radical (unpaired) electrons. The highest BCUT2D eigenvalue weighted by Crippen LogP contribution is 2.35. The minimum absolute atomic E-state index is 0.185. The van der Waals surface area contributed by atoms with E-state index < -0.39 is 0 Å². The van der Waals surface area contributed by atoms with E-state index in [9.17, 15) is 4.79 Å². The maximum Gasteiger partial charge on any atom is 0.279 e. The molecule has 1 saturated carbocycles. The lowest BCUT2D eigenvalue weighted by Crippen LogP contribution is -2.26. The SMILES string of the molecule is O=C1N[C@@H]2CCC[C@@H]2S1. The van der Waals surface area contributed by atoms with E-state index in [4.69, 9.17) is 0 Å². The standard InChI is InChI=1S/C6H9NOS/c8-6-7-4-2-1-3-5(4)9-6/h4-5H,1-3H2,(H,7,8)/t4-,5+/m1/s1. The molecule has 1 saturated heterocycles. The lowest BCUT2D eigenvalue weighted by Gasteiger charge is -2.03. The number of hydrogen-bond acceptors (Lipinski definition) is 2. The van der Waals surface area contributed by atoms with Gasteiger partial charge in [0.05, 0.1) is 0 Å². The zero-order valence-electron chi connectivity index (χ0n) is 5.09. The topological polar surface area (TPSA) is 29.1 Å². The van der Waals surface area contributed by atoms with Crippen molar-refractivity contribution in [1.29, 1.82) is 0 Å². The summed E-state index contributed by atoms with van der Waals surface area (Å²) in [5, 5.41) is 3.73. The van der Waals surface area contributed by atoms with Gasteiger partial charge in [-0.15, -0.1) is 0 Å². The van der Waals surface area contributed by atoms with Crippen molar-refractivity contribution in [2.24, 2.45) is 0 Å². The monoisotopic (exact) mass is 143 g/mol. The molecule has 2 nitrogen and oxygen atoms in total. The van der Waals surface area contributed by atoms with Crippen LogP contribution in [-0.4, -0.2) is 16.5 Å². The molecule has 1 amide bonds. The first-order chi connectivity index (χ1) is 4.36. The molecule has 50 valence electrons. The van der Waals surface area contributed by atoms with Gasteiger partial charge in [0.15, 0.2) is 0 Å². The van der Waals surface area contributed by atoms with Crippen molar-refractivity contribution in [3.63, 3.8) is 0 Å². The van der Waals surface area contributed by atoms with Gasteiger partial charge in [0.25, 0.3) is 5.24 Å². The van der Waals surface area contributed by atoms with Gasteiger partial charge in [-0.25, -0.2) is 0 Å². The molecule has 0 aromatic heterocycles. The van der Waals surface area contributed by atoms with Crippen LogP contribution in [0.4, 0.5) is 4.79 Å². The summed E-state index contributed by atoms with van der Waals surface area (Å²) in [4.78, 5) is 10.7. The van der Waals surface area contributed by atoms with E-state index in [0.717, 1.165) is 0 Å². The average molecular weight is 143 g/mol. The Hall–Kier alpha value is -0.180. The number of nitrogens with one attached hydrogen (secondary N) is 1. The fourth-order valence-electron chi connectivity index (χ4n) is 1.56. The minimum Gasteiger partial charge on any atom is -0.343 e. The highest BCUT2D eigenvalue weighted by Gasteiger charge is 2.36. The van der Waals surface area contributed by atoms with Gasteiger partial charge in [0, 0.05) is 11.3 Å². The highest BCUT2D eigenvalue weighted by molar-refractivity contribution is 8.14. The van der Waals surface area contributed by atoms with Gasteiger partial charge < -0.3 is 5.32 Å². The van der Waals surface area contributed by atoms with Crippen molar-refractivity contribution >= 4 is 17.0 Å². The first kappa shape index (κ1) is 5.59. The molecule has 0 aromatic carbocycles. The third-order valence-electron chi connectivity index (χ3n) is 2.01. The van der Waals surface area contributed by atoms with Crippen LogP contribution in [-0.2, 0) is 0 Å². The number of carbonyl (C=O) groups excluding carboxylic acids is 1. The Balaban J connectivity index is 2.09. The Morgan fingerprint density at radius 2 is 2.44 bits per heavy atom. The summed E-state index contributed by atoms with van der Waals surface area (Å²) in [6.45, 7) is 0. The number of amides is 1. The predicted molar refractivity (Wildman–Crippen MR) is 37.5 cm³/mol. The molecule has 2 aliphatic rings. The molecule has 9 heavy (non-hydrogen) atoms. The van der Waals surface area contributed by atoms with Gasteiger partial charge in [-0.05, 0) is 12.8 Å². The van der Waals surface area contributed by atoms with Crippen LogP contribution in [0.1, 0.15) is 19.3 Å². The molecule has 2 atom stereocenters. The molecule has 0 unspecified atom stereocenters. The minimum atomic E-state index is 0.185. The fourth-order valence-corrected chi connectivity index (χ4v) is 2.70. The first-order valence-corrected chi connectivity index (χ1v) is 4.21. The van der Waals surface area contributed by atoms with Crippen molar-refractivity contribution < 1.29 is 4.79 Å². The van der Waals surface area contributed by atoms with E-state index in [2.05, 4.69) is 5.32 Å². The summed E-state index contributed by atoms with van der Waals surface area (Å²) < 4.78 is 0. The van der Waals surface area contributed by atoms with Gasteiger partial charge >= 0.3 is 0 Å². The fraction of sp³-hybridized carbons (Fsp3) is 0.833. The van der Waals surface area contributed by atoms with Crippen LogP contribution >= 0.6 is 11.8 Å². The summed E-state index contributed by atoms with van der Waals surface area (Å²) in [5.41, 5.74) is 0. The van der Waals surface area contributed by atoms with Crippen molar-refractivity contribution in [3.8, 4) is 0 Å². The van der Waals surface area contributed by atoms with Gasteiger partial charge in [-0.1, -0.05) is 18.2 Å². The van der Waals surface area contributed by atoms with E-state index >= 15 is 0 Å². The summed E-state index contributed by atoms with van der Waals surface area (Å²) in [5.74, 6) is 0. The van der Waals surface area contributed by atoms with Gasteiger partial charge in [-0.3, -0.25) is 4.79 Å². The van der Waals surface area contributed by atoms with E-state index in [1.165, 1.54) is 31.0 Å². The van der Waals surface area contributed by atoms with Crippen LogP contribution in [0.15, 0.2) is 0 Å². The lowest BCUT2D eigenvalue weighted by molar-refractivity contribution is 0.260. The molecule has 0 aromatic rings. The van der Waals surface area contributed by atoms with Gasteiger partial charge in [0.2, 0.25) is 0 Å². The van der Waals surface area contributed by atoms with Crippen LogP contribution in [0.25, 0.3) is 0 Å². The summed E-state index contributed by atoms with van der Waals surface area (Å²) in [6.07, 6.45) is 3.72. The molecule has 0 spiro atoms. The second-order valence-electron chi connectivity index (χ2n) is 2.63. The molecule has 2 rings (SSSR count). The maximum atomic E-state index is 10.7. The molecule has 1 heterocycles. The molecule has 1 N–H and O–H groups in total. The van der Waals surface area contributed by atoms with E-state index in [-0.39, 0.29) is 5.24 Å². The quantitative estimate of drug-likeness (QED) is 0.554. The normalized spacial score (nSPS) is 40.7. The average Bonchev–Trinajstić information content (AvgIpc) is 2.22. The second kappa shape index (κ2) is 1.90. The Kier molecular flexibility index (Phi) is 1.18. The summed E-state index contributed by atoms with van der Waals surface area (Å²) in [7, 11) is 0. The van der Waals surface area contributed by atoms with Crippen molar-refractivity contribution in [2.45, 2.75) is 30.6 Å². The van der Waals surface area contributed by atoms with Crippen LogP contribution in [0.5, 0.6) is 0 Å². The molecule has 1 aliphatic heterocycles. The number of hydrogen-bond donors (Lipinski definition) is 1. The molecule has 3 heteroatoms. The summed E-state index contributed by atoms with van der Waals surface area (Å²) in [6, 6.07) is 0.516. The second-order valence-corrected chi connectivity index (χ2v) is 3.84. The molecule has 0 bridgehead atoms. The summed E-state index contributed by atoms with van der Waals surface area (Å²) >= 11 is 1.49. The first-order valence-electron chi connectivity index (χ1n) is 3.33. The van der Waals surface area contributed by atoms with Crippen LogP contribution in [0.3, 0.4) is 0 Å². The number of thioether (sulfide) groups is 1. The predicted octanol–water partition coefficient (Wildman–Crippen LogP) is 1.36. The van der Waals surface area contributed by atoms with Crippen LogP contribution in [0.2, 0.25) is 0 Å². The van der Waals surface area contributed by atoms with Crippen molar-refractivity contribution in [3.05, 3.63) is 0 Å².